The molecule has 84 valence electrons. The fourth-order valence-corrected chi connectivity index (χ4v) is 1.65. The number of rotatable bonds is 5. The van der Waals surface area contributed by atoms with E-state index in [1.807, 2.05) is 6.07 Å². The second-order valence-corrected chi connectivity index (χ2v) is 3.59. The molecule has 0 radical (unpaired) electrons. The highest BCUT2D eigenvalue weighted by Crippen LogP contribution is 2.19. The summed E-state index contributed by atoms with van der Waals surface area (Å²) in [6, 6.07) is 3.63. The molecule has 0 aliphatic carbocycles. The average molecular weight is 209 g/mol. The van der Waals surface area contributed by atoms with E-state index in [0.29, 0.717) is 10.5 Å². The lowest BCUT2D eigenvalue weighted by Gasteiger charge is -2.24. The highest BCUT2D eigenvalue weighted by atomic mass is 16.5. The van der Waals surface area contributed by atoms with Gasteiger partial charge in [-0.3, -0.25) is 5.73 Å². The molecule has 0 unspecified atom stereocenters. The number of nitrogen functional groups attached to an aromatic ring is 1. The molecule has 1 heterocycles. The summed E-state index contributed by atoms with van der Waals surface area (Å²) >= 11 is 0. The van der Waals surface area contributed by atoms with E-state index in [4.69, 9.17) is 5.73 Å². The third kappa shape index (κ3) is 2.75. The number of pyridine rings is 1. The van der Waals surface area contributed by atoms with E-state index in [-0.39, 0.29) is 0 Å². The first-order valence-corrected chi connectivity index (χ1v) is 5.43. The Bertz CT molecular complexity index is 309. The van der Waals surface area contributed by atoms with Crippen LogP contribution in [0.4, 0.5) is 11.5 Å². The van der Waals surface area contributed by atoms with Crippen molar-refractivity contribution >= 4 is 11.5 Å². The molecule has 0 fully saturated rings. The minimum Gasteiger partial charge on any atom is -0.711 e. The van der Waals surface area contributed by atoms with Crippen molar-refractivity contribution in [3.8, 4) is 0 Å². The molecule has 0 aromatic carbocycles. The Morgan fingerprint density at radius 3 is 2.47 bits per heavy atom. The quantitative estimate of drug-likeness (QED) is 0.591. The Balaban J connectivity index is 2.94. The van der Waals surface area contributed by atoms with E-state index in [1.54, 1.807) is 6.07 Å². The van der Waals surface area contributed by atoms with Crippen LogP contribution < -0.4 is 15.4 Å². The normalized spacial score (nSPS) is 10.3. The molecule has 0 aliphatic heterocycles. The SMILES string of the molecule is CCCN(CCC)c1ccc[n+]([O-])c1N. The largest absolute Gasteiger partial charge is 0.711 e. The maximum absolute atomic E-state index is 11.3. The van der Waals surface area contributed by atoms with Crippen molar-refractivity contribution in [1.82, 2.24) is 0 Å². The van der Waals surface area contributed by atoms with Gasteiger partial charge < -0.3 is 10.1 Å². The van der Waals surface area contributed by atoms with Gasteiger partial charge in [-0.2, -0.15) is 0 Å². The van der Waals surface area contributed by atoms with Crippen molar-refractivity contribution in [3.63, 3.8) is 0 Å². The fourth-order valence-electron chi connectivity index (χ4n) is 1.65. The van der Waals surface area contributed by atoms with Crippen LogP contribution in [-0.2, 0) is 0 Å². The molecule has 1 aromatic rings. The van der Waals surface area contributed by atoms with E-state index in [0.717, 1.165) is 31.6 Å². The molecule has 15 heavy (non-hydrogen) atoms. The van der Waals surface area contributed by atoms with Crippen molar-refractivity contribution < 1.29 is 4.73 Å². The number of aromatic nitrogens is 1. The molecule has 0 saturated carbocycles. The third-order valence-electron chi connectivity index (χ3n) is 2.30. The summed E-state index contributed by atoms with van der Waals surface area (Å²) in [6.45, 7) is 6.10. The molecule has 0 amide bonds. The van der Waals surface area contributed by atoms with Gasteiger partial charge in [0.05, 0.1) is 6.20 Å². The zero-order valence-electron chi connectivity index (χ0n) is 9.44. The van der Waals surface area contributed by atoms with Crippen molar-refractivity contribution in [1.29, 1.82) is 0 Å². The Morgan fingerprint density at radius 1 is 1.33 bits per heavy atom. The van der Waals surface area contributed by atoms with Crippen LogP contribution >= 0.6 is 0 Å². The summed E-state index contributed by atoms with van der Waals surface area (Å²) in [5, 5.41) is 11.3. The monoisotopic (exact) mass is 209 g/mol. The maximum atomic E-state index is 11.3. The molecule has 4 nitrogen and oxygen atoms in total. The van der Waals surface area contributed by atoms with Crippen molar-refractivity contribution in [3.05, 3.63) is 23.5 Å². The van der Waals surface area contributed by atoms with E-state index in [2.05, 4.69) is 18.7 Å². The van der Waals surface area contributed by atoms with Gasteiger partial charge in [-0.25, -0.2) is 4.73 Å². The van der Waals surface area contributed by atoms with Gasteiger partial charge >= 0.3 is 0 Å². The summed E-state index contributed by atoms with van der Waals surface area (Å²) < 4.78 is 0.716. The first-order valence-electron chi connectivity index (χ1n) is 5.43. The van der Waals surface area contributed by atoms with Gasteiger partial charge in [-0.05, 0) is 25.0 Å². The van der Waals surface area contributed by atoms with Crippen LogP contribution in [0.5, 0.6) is 0 Å². The van der Waals surface area contributed by atoms with Crippen molar-refractivity contribution in [2.75, 3.05) is 23.7 Å². The summed E-state index contributed by atoms with van der Waals surface area (Å²) in [6.07, 6.45) is 3.52. The van der Waals surface area contributed by atoms with Gasteiger partial charge in [0.1, 0.15) is 5.69 Å². The number of nitrogens with two attached hydrogens (primary N) is 1. The Labute approximate surface area is 90.9 Å². The van der Waals surface area contributed by atoms with Crippen LogP contribution in [0.3, 0.4) is 0 Å². The van der Waals surface area contributed by atoms with Gasteiger partial charge in [-0.1, -0.05) is 13.8 Å². The molecule has 0 atom stereocenters. The van der Waals surface area contributed by atoms with Gasteiger partial charge in [0.2, 0.25) is 0 Å². The molecule has 0 saturated heterocycles. The first kappa shape index (κ1) is 11.6. The molecular weight excluding hydrogens is 190 g/mol. The number of hydrogen-bond donors (Lipinski definition) is 1. The van der Waals surface area contributed by atoms with Gasteiger partial charge in [0.15, 0.2) is 0 Å². The zero-order chi connectivity index (χ0) is 11.3. The average Bonchev–Trinajstić information content (AvgIpc) is 2.22. The van der Waals surface area contributed by atoms with Crippen LogP contribution in [-0.4, -0.2) is 13.1 Å². The molecule has 2 N–H and O–H groups in total. The molecule has 1 aromatic heterocycles. The fraction of sp³-hybridized carbons (Fsp3) is 0.545. The second kappa shape index (κ2) is 5.44. The minimum absolute atomic E-state index is 0.291. The van der Waals surface area contributed by atoms with Gasteiger partial charge in [0.25, 0.3) is 5.82 Å². The van der Waals surface area contributed by atoms with E-state index in [1.165, 1.54) is 6.20 Å². The van der Waals surface area contributed by atoms with E-state index in [9.17, 15) is 5.21 Å². The zero-order valence-corrected chi connectivity index (χ0v) is 9.44. The standard InChI is InChI=1S/C11H19N3O/c1-3-7-13(8-4-2)10-6-5-9-14(15)11(10)12/h5-6,9H,3-4,7-8,12H2,1-2H3. The first-order chi connectivity index (χ1) is 7.20. The van der Waals surface area contributed by atoms with Crippen molar-refractivity contribution in [2.45, 2.75) is 26.7 Å². The predicted octanol–water partition coefficient (Wildman–Crippen LogP) is 1.53. The summed E-state index contributed by atoms with van der Waals surface area (Å²) in [5.41, 5.74) is 6.60. The molecule has 0 spiro atoms. The van der Waals surface area contributed by atoms with E-state index >= 15 is 0 Å². The molecule has 4 heteroatoms. The molecule has 0 bridgehead atoms. The number of nitrogens with zero attached hydrogens (tertiary/aromatic N) is 2. The highest BCUT2D eigenvalue weighted by molar-refractivity contribution is 5.60. The summed E-state index contributed by atoms with van der Waals surface area (Å²) in [5.74, 6) is 0.291. The lowest BCUT2D eigenvalue weighted by Crippen LogP contribution is -2.34. The Morgan fingerprint density at radius 2 is 1.93 bits per heavy atom. The Kier molecular flexibility index (Phi) is 4.21. The Hall–Kier alpha value is -1.45. The van der Waals surface area contributed by atoms with Gasteiger partial charge in [-0.15, -0.1) is 0 Å². The lowest BCUT2D eigenvalue weighted by atomic mass is 10.3. The van der Waals surface area contributed by atoms with Crippen molar-refractivity contribution in [2.24, 2.45) is 0 Å². The van der Waals surface area contributed by atoms with Crippen LogP contribution in [0.1, 0.15) is 26.7 Å². The molecular formula is C11H19N3O. The topological polar surface area (TPSA) is 56.2 Å². The smallest absolute Gasteiger partial charge is 0.299 e. The maximum Gasteiger partial charge on any atom is 0.299 e. The van der Waals surface area contributed by atoms with Crippen LogP contribution in [0.25, 0.3) is 0 Å². The number of anilines is 2. The van der Waals surface area contributed by atoms with Crippen LogP contribution in [0.15, 0.2) is 18.3 Å². The third-order valence-corrected chi connectivity index (χ3v) is 2.30. The lowest BCUT2D eigenvalue weighted by molar-refractivity contribution is -0.589. The van der Waals surface area contributed by atoms with Gasteiger partial charge in [0, 0.05) is 13.1 Å². The highest BCUT2D eigenvalue weighted by Gasteiger charge is 2.12. The predicted molar refractivity (Wildman–Crippen MR) is 62.6 cm³/mol. The molecule has 0 aliphatic rings. The van der Waals surface area contributed by atoms with E-state index < -0.39 is 0 Å². The number of hydrogen-bond acceptors (Lipinski definition) is 3. The summed E-state index contributed by atoms with van der Waals surface area (Å²) in [4.78, 5) is 2.16. The van der Waals surface area contributed by atoms with Crippen LogP contribution in [0, 0.1) is 5.21 Å². The minimum atomic E-state index is 0.291. The second-order valence-electron chi connectivity index (χ2n) is 3.59. The van der Waals surface area contributed by atoms with Crippen LogP contribution in [0.2, 0.25) is 0 Å². The molecule has 1 rings (SSSR count). The summed E-state index contributed by atoms with van der Waals surface area (Å²) in [7, 11) is 0.